The monoisotopic (exact) mass is 391 g/mol. The average Bonchev–Trinajstić information content (AvgIpc) is 3.13. The fourth-order valence-electron chi connectivity index (χ4n) is 3.22. The summed E-state index contributed by atoms with van der Waals surface area (Å²) in [6, 6.07) is 10.9. The Morgan fingerprint density at radius 3 is 2.67 bits per heavy atom. The first-order chi connectivity index (χ1) is 12.7. The van der Waals surface area contributed by atoms with Crippen molar-refractivity contribution in [2.24, 2.45) is 0 Å². The van der Waals surface area contributed by atoms with Crippen LogP contribution in [-0.2, 0) is 15.6 Å². The maximum absolute atomic E-state index is 12.7. The molecule has 146 valence electrons. The summed E-state index contributed by atoms with van der Waals surface area (Å²) in [5.41, 5.74) is 0.509. The molecule has 1 aromatic heterocycles. The molecular weight excluding hydrogens is 366 g/mol. The number of sulfonamides is 1. The number of piperidine rings is 1. The van der Waals surface area contributed by atoms with Gasteiger partial charge in [-0.15, -0.1) is 0 Å². The van der Waals surface area contributed by atoms with E-state index in [1.54, 1.807) is 0 Å². The average molecular weight is 391 g/mol. The van der Waals surface area contributed by atoms with Crippen LogP contribution >= 0.6 is 0 Å². The van der Waals surface area contributed by atoms with Gasteiger partial charge in [0.05, 0.1) is 11.6 Å². The predicted molar refractivity (Wildman–Crippen MR) is 102 cm³/mol. The number of amides is 1. The standard InChI is InChI=1S/C19H25N3O4S/c1-19(2,14-7-4-3-5-8-14)21-18(24)17-11-16(12-20-17)27(25,26)22-10-6-9-15(23)13-22/h3-5,7-8,11-12,15,20,23H,6,9-10,13H2,1-2H3,(H,21,24). The number of hydrogen-bond acceptors (Lipinski definition) is 4. The van der Waals surface area contributed by atoms with E-state index in [9.17, 15) is 18.3 Å². The van der Waals surface area contributed by atoms with E-state index in [0.29, 0.717) is 19.4 Å². The molecule has 1 amide bonds. The number of aliphatic hydroxyl groups excluding tert-OH is 1. The van der Waals surface area contributed by atoms with Gasteiger partial charge in [-0.2, -0.15) is 4.31 Å². The van der Waals surface area contributed by atoms with Crippen molar-refractivity contribution < 1.29 is 18.3 Å². The Morgan fingerprint density at radius 1 is 1.30 bits per heavy atom. The number of carbonyl (C=O) groups is 1. The molecule has 2 aromatic rings. The van der Waals surface area contributed by atoms with Crippen LogP contribution in [0.2, 0.25) is 0 Å². The Morgan fingerprint density at radius 2 is 2.00 bits per heavy atom. The van der Waals surface area contributed by atoms with Gasteiger partial charge in [-0.05, 0) is 38.3 Å². The van der Waals surface area contributed by atoms with Gasteiger partial charge in [0.25, 0.3) is 5.91 Å². The number of nitrogens with one attached hydrogen (secondary N) is 2. The molecule has 3 rings (SSSR count). The highest BCUT2D eigenvalue weighted by atomic mass is 32.2. The van der Waals surface area contributed by atoms with Gasteiger partial charge in [0.1, 0.15) is 10.6 Å². The fourth-order valence-corrected chi connectivity index (χ4v) is 4.73. The van der Waals surface area contributed by atoms with Crippen molar-refractivity contribution in [2.75, 3.05) is 13.1 Å². The molecule has 0 bridgehead atoms. The molecule has 7 nitrogen and oxygen atoms in total. The quantitative estimate of drug-likeness (QED) is 0.723. The Bertz CT molecular complexity index is 906. The van der Waals surface area contributed by atoms with Crippen LogP contribution in [0.25, 0.3) is 0 Å². The van der Waals surface area contributed by atoms with E-state index in [-0.39, 0.29) is 23.0 Å². The highest BCUT2D eigenvalue weighted by Crippen LogP contribution is 2.23. The van der Waals surface area contributed by atoms with Crippen LogP contribution in [0.5, 0.6) is 0 Å². The third kappa shape index (κ3) is 4.23. The smallest absolute Gasteiger partial charge is 0.268 e. The molecule has 0 spiro atoms. The molecule has 1 unspecified atom stereocenters. The van der Waals surface area contributed by atoms with Crippen molar-refractivity contribution in [3.8, 4) is 0 Å². The topological polar surface area (TPSA) is 102 Å². The van der Waals surface area contributed by atoms with Crippen molar-refractivity contribution in [3.63, 3.8) is 0 Å². The summed E-state index contributed by atoms with van der Waals surface area (Å²) in [7, 11) is -3.74. The van der Waals surface area contributed by atoms with Crippen LogP contribution < -0.4 is 5.32 Å². The van der Waals surface area contributed by atoms with Crippen LogP contribution in [0, 0.1) is 0 Å². The molecule has 0 saturated carbocycles. The number of rotatable bonds is 5. The van der Waals surface area contributed by atoms with Crippen molar-refractivity contribution in [2.45, 2.75) is 43.2 Å². The number of β-amino-alcohol motifs (C(OH)–C–C–N with tert-alkyl or cyclic N) is 1. The second kappa shape index (κ2) is 7.46. The minimum atomic E-state index is -3.74. The van der Waals surface area contributed by atoms with Gasteiger partial charge in [0.2, 0.25) is 10.0 Å². The second-order valence-corrected chi connectivity index (χ2v) is 9.29. The lowest BCUT2D eigenvalue weighted by atomic mass is 9.94. The van der Waals surface area contributed by atoms with E-state index in [4.69, 9.17) is 0 Å². The van der Waals surface area contributed by atoms with E-state index >= 15 is 0 Å². The SMILES string of the molecule is CC(C)(NC(=O)c1cc(S(=O)(=O)N2CCCC(O)C2)c[nH]1)c1ccccc1. The first-order valence-electron chi connectivity index (χ1n) is 8.95. The molecule has 1 atom stereocenters. The molecule has 1 fully saturated rings. The summed E-state index contributed by atoms with van der Waals surface area (Å²) < 4.78 is 26.7. The lowest BCUT2D eigenvalue weighted by Crippen LogP contribution is -2.42. The van der Waals surface area contributed by atoms with Gasteiger partial charge < -0.3 is 15.4 Å². The van der Waals surface area contributed by atoms with Crippen molar-refractivity contribution >= 4 is 15.9 Å². The zero-order chi connectivity index (χ0) is 19.7. The number of benzene rings is 1. The minimum Gasteiger partial charge on any atom is -0.392 e. The summed E-state index contributed by atoms with van der Waals surface area (Å²) in [5.74, 6) is -0.385. The van der Waals surface area contributed by atoms with Gasteiger partial charge in [-0.25, -0.2) is 8.42 Å². The number of hydrogen-bond donors (Lipinski definition) is 3. The van der Waals surface area contributed by atoms with Gasteiger partial charge in [-0.3, -0.25) is 4.79 Å². The molecule has 8 heteroatoms. The minimum absolute atomic E-state index is 0.0271. The van der Waals surface area contributed by atoms with Crippen LogP contribution in [0.1, 0.15) is 42.7 Å². The van der Waals surface area contributed by atoms with Gasteiger partial charge in [-0.1, -0.05) is 30.3 Å². The van der Waals surface area contributed by atoms with Gasteiger partial charge in [0.15, 0.2) is 0 Å². The van der Waals surface area contributed by atoms with E-state index in [0.717, 1.165) is 5.56 Å². The zero-order valence-electron chi connectivity index (χ0n) is 15.5. The van der Waals surface area contributed by atoms with E-state index < -0.39 is 21.7 Å². The Balaban J connectivity index is 1.76. The molecule has 1 saturated heterocycles. The Labute approximate surface area is 159 Å². The zero-order valence-corrected chi connectivity index (χ0v) is 16.3. The van der Waals surface area contributed by atoms with E-state index in [1.807, 2.05) is 44.2 Å². The highest BCUT2D eigenvalue weighted by molar-refractivity contribution is 7.89. The number of nitrogens with zero attached hydrogens (tertiary/aromatic N) is 1. The number of aromatic amines is 1. The third-order valence-electron chi connectivity index (χ3n) is 4.82. The first kappa shape index (κ1) is 19.6. The summed E-state index contributed by atoms with van der Waals surface area (Å²) in [6.07, 6.45) is 1.88. The molecule has 1 aliphatic heterocycles. The van der Waals surface area contributed by atoms with E-state index in [1.165, 1.54) is 16.6 Å². The third-order valence-corrected chi connectivity index (χ3v) is 6.66. The number of H-pyrrole nitrogens is 1. The maximum Gasteiger partial charge on any atom is 0.268 e. The lowest BCUT2D eigenvalue weighted by molar-refractivity contribution is 0.0907. The fraction of sp³-hybridized carbons (Fsp3) is 0.421. The molecule has 1 aromatic carbocycles. The largest absolute Gasteiger partial charge is 0.392 e. The van der Waals surface area contributed by atoms with Crippen molar-refractivity contribution in [3.05, 3.63) is 53.9 Å². The summed E-state index contributed by atoms with van der Waals surface area (Å²) in [5, 5.41) is 12.7. The molecule has 2 heterocycles. The highest BCUT2D eigenvalue weighted by Gasteiger charge is 2.31. The van der Waals surface area contributed by atoms with Crippen molar-refractivity contribution in [1.82, 2.24) is 14.6 Å². The lowest BCUT2D eigenvalue weighted by Gasteiger charge is -2.28. The molecular formula is C19H25N3O4S. The molecule has 1 aliphatic rings. The molecule has 0 radical (unpaired) electrons. The van der Waals surface area contributed by atoms with Crippen LogP contribution in [0.4, 0.5) is 0 Å². The number of carbonyl (C=O) groups excluding carboxylic acids is 1. The predicted octanol–water partition coefficient (Wildman–Crippen LogP) is 1.83. The molecule has 3 N–H and O–H groups in total. The Hall–Kier alpha value is -2.16. The van der Waals surface area contributed by atoms with Crippen LogP contribution in [0.3, 0.4) is 0 Å². The second-order valence-electron chi connectivity index (χ2n) is 7.35. The summed E-state index contributed by atoms with van der Waals surface area (Å²) in [6.45, 7) is 4.22. The maximum atomic E-state index is 12.7. The summed E-state index contributed by atoms with van der Waals surface area (Å²) in [4.78, 5) is 15.4. The van der Waals surface area contributed by atoms with Crippen molar-refractivity contribution in [1.29, 1.82) is 0 Å². The van der Waals surface area contributed by atoms with Gasteiger partial charge in [0, 0.05) is 19.3 Å². The molecule has 0 aliphatic carbocycles. The van der Waals surface area contributed by atoms with E-state index in [2.05, 4.69) is 10.3 Å². The number of aliphatic hydroxyl groups is 1. The van der Waals surface area contributed by atoms with Gasteiger partial charge >= 0.3 is 0 Å². The van der Waals surface area contributed by atoms with Crippen LogP contribution in [0.15, 0.2) is 47.5 Å². The Kier molecular flexibility index (Phi) is 5.41. The van der Waals surface area contributed by atoms with Crippen LogP contribution in [-0.4, -0.2) is 47.9 Å². The summed E-state index contributed by atoms with van der Waals surface area (Å²) >= 11 is 0. The first-order valence-corrected chi connectivity index (χ1v) is 10.4. The molecule has 27 heavy (non-hydrogen) atoms. The normalized spacial score (nSPS) is 19.0. The number of aromatic nitrogens is 1.